The van der Waals surface area contributed by atoms with Crippen LogP contribution in [-0.2, 0) is 24.4 Å². The van der Waals surface area contributed by atoms with Gasteiger partial charge in [0.15, 0.2) is 0 Å². The number of carboxylic acid groups (broad SMARTS) is 1. The minimum Gasteiger partial charge on any atom is -0.481 e. The Labute approximate surface area is 113 Å². The van der Waals surface area contributed by atoms with Crippen LogP contribution in [0.5, 0.6) is 0 Å². The Morgan fingerprint density at radius 2 is 1.68 bits per heavy atom. The van der Waals surface area contributed by atoms with E-state index in [1.165, 1.54) is 0 Å². The maximum atomic E-state index is 11.9. The second-order valence-electron chi connectivity index (χ2n) is 6.19. The third kappa shape index (κ3) is 7.12. The fourth-order valence-electron chi connectivity index (χ4n) is 1.16. The predicted molar refractivity (Wildman–Crippen MR) is 67.8 cm³/mol. The van der Waals surface area contributed by atoms with Crippen molar-refractivity contribution in [3.63, 3.8) is 0 Å². The van der Waals surface area contributed by atoms with Gasteiger partial charge in [-0.05, 0) is 52.0 Å². The fourth-order valence-corrected chi connectivity index (χ4v) is 1.16. The van der Waals surface area contributed by atoms with Crippen LogP contribution >= 0.6 is 0 Å². The summed E-state index contributed by atoms with van der Waals surface area (Å²) in [6.07, 6.45) is 0.398. The van der Waals surface area contributed by atoms with E-state index in [1.54, 1.807) is 41.5 Å². The molecule has 0 heterocycles. The number of carboxylic acids is 1. The van der Waals surface area contributed by atoms with Gasteiger partial charge < -0.3 is 5.11 Å². The van der Waals surface area contributed by atoms with E-state index in [2.05, 4.69) is 9.93 Å². The molecule has 0 saturated heterocycles. The SMILES string of the molecule is CC(CCC(=O)O)C(C)(C)C(=O)OOOC(C)(C)C. The largest absolute Gasteiger partial charge is 0.481 e. The van der Waals surface area contributed by atoms with Gasteiger partial charge in [-0.3, -0.25) is 9.68 Å². The second-order valence-corrected chi connectivity index (χ2v) is 6.19. The highest BCUT2D eigenvalue weighted by Gasteiger charge is 2.37. The summed E-state index contributed by atoms with van der Waals surface area (Å²) in [6.45, 7) is 10.4. The molecular formula is C13H24O6. The Morgan fingerprint density at radius 3 is 2.11 bits per heavy atom. The highest BCUT2D eigenvalue weighted by molar-refractivity contribution is 5.75. The number of carbonyl (C=O) groups is 2. The van der Waals surface area contributed by atoms with Crippen LogP contribution in [0.1, 0.15) is 54.4 Å². The van der Waals surface area contributed by atoms with Crippen molar-refractivity contribution < 1.29 is 29.5 Å². The number of carbonyl (C=O) groups excluding carboxylic acids is 1. The normalized spacial score (nSPS) is 14.0. The van der Waals surface area contributed by atoms with Gasteiger partial charge in [0.05, 0.1) is 11.0 Å². The Kier molecular flexibility index (Phi) is 6.45. The number of rotatable bonds is 7. The van der Waals surface area contributed by atoms with E-state index >= 15 is 0 Å². The molecule has 0 bridgehead atoms. The molecule has 6 heteroatoms. The van der Waals surface area contributed by atoms with Crippen LogP contribution in [0.2, 0.25) is 0 Å². The molecule has 0 aliphatic carbocycles. The maximum absolute atomic E-state index is 11.9. The van der Waals surface area contributed by atoms with E-state index in [-0.39, 0.29) is 12.3 Å². The molecule has 0 aromatic rings. The van der Waals surface area contributed by atoms with Crippen molar-refractivity contribution in [3.05, 3.63) is 0 Å². The minimum atomic E-state index is -0.886. The van der Waals surface area contributed by atoms with Gasteiger partial charge in [0.1, 0.15) is 0 Å². The minimum absolute atomic E-state index is 0.0111. The molecule has 6 nitrogen and oxygen atoms in total. The standard InChI is InChI=1S/C13H24O6/c1-9(7-8-10(14)15)13(5,6)11(16)17-19-18-12(2,3)4/h9H,7-8H2,1-6H3,(H,14,15). The zero-order valence-electron chi connectivity index (χ0n) is 12.5. The zero-order valence-corrected chi connectivity index (χ0v) is 12.5. The van der Waals surface area contributed by atoms with E-state index in [4.69, 9.17) is 9.99 Å². The Hall–Kier alpha value is -1.14. The van der Waals surface area contributed by atoms with Crippen LogP contribution in [0.3, 0.4) is 0 Å². The third-order valence-electron chi connectivity index (χ3n) is 2.94. The summed E-state index contributed by atoms with van der Waals surface area (Å²) in [6, 6.07) is 0. The van der Waals surface area contributed by atoms with E-state index < -0.39 is 23.0 Å². The molecule has 1 atom stereocenters. The molecule has 0 aliphatic heterocycles. The van der Waals surface area contributed by atoms with Gasteiger partial charge in [-0.2, -0.15) is 4.89 Å². The molecule has 0 fully saturated rings. The van der Waals surface area contributed by atoms with Crippen LogP contribution in [0.4, 0.5) is 0 Å². The van der Waals surface area contributed by atoms with Crippen LogP contribution in [0.25, 0.3) is 0 Å². The molecule has 0 spiro atoms. The van der Waals surface area contributed by atoms with Crippen molar-refractivity contribution in [1.82, 2.24) is 0 Å². The Balaban J connectivity index is 4.30. The lowest BCUT2D eigenvalue weighted by molar-refractivity contribution is -0.516. The Bertz CT molecular complexity index is 316. The fraction of sp³-hybridized carbons (Fsp3) is 0.846. The van der Waals surface area contributed by atoms with Gasteiger partial charge in [0.2, 0.25) is 0 Å². The first-order valence-corrected chi connectivity index (χ1v) is 6.25. The summed E-state index contributed by atoms with van der Waals surface area (Å²) in [4.78, 5) is 31.8. The first-order valence-electron chi connectivity index (χ1n) is 6.25. The second kappa shape index (κ2) is 6.86. The molecule has 19 heavy (non-hydrogen) atoms. The quantitative estimate of drug-likeness (QED) is 0.568. The third-order valence-corrected chi connectivity index (χ3v) is 2.94. The average molecular weight is 276 g/mol. The first kappa shape index (κ1) is 17.9. The van der Waals surface area contributed by atoms with Gasteiger partial charge in [-0.15, -0.1) is 0 Å². The summed E-state index contributed by atoms with van der Waals surface area (Å²) in [7, 11) is 0. The molecule has 112 valence electrons. The molecule has 0 saturated carbocycles. The molecule has 0 amide bonds. The molecular weight excluding hydrogens is 252 g/mol. The van der Waals surface area contributed by atoms with Crippen LogP contribution in [-0.4, -0.2) is 22.6 Å². The van der Waals surface area contributed by atoms with Gasteiger partial charge >= 0.3 is 11.9 Å². The smallest absolute Gasteiger partial charge is 0.351 e. The lowest BCUT2D eigenvalue weighted by Crippen LogP contribution is -2.34. The van der Waals surface area contributed by atoms with Gasteiger partial charge in [-0.25, -0.2) is 4.79 Å². The van der Waals surface area contributed by atoms with Crippen LogP contribution < -0.4 is 0 Å². The predicted octanol–water partition coefficient (Wildman–Crippen LogP) is 2.72. The molecule has 0 rings (SSSR count). The monoisotopic (exact) mass is 276 g/mol. The summed E-state index contributed by atoms with van der Waals surface area (Å²) in [5.74, 6) is -1.63. The number of hydrogen-bond donors (Lipinski definition) is 1. The topological polar surface area (TPSA) is 82.1 Å². The highest BCUT2D eigenvalue weighted by Crippen LogP contribution is 2.31. The van der Waals surface area contributed by atoms with Crippen molar-refractivity contribution in [2.24, 2.45) is 11.3 Å². The molecule has 0 aromatic carbocycles. The summed E-state index contributed by atoms with van der Waals surface area (Å²) < 4.78 is 0. The van der Waals surface area contributed by atoms with E-state index in [0.717, 1.165) is 0 Å². The molecule has 1 N–H and O–H groups in total. The van der Waals surface area contributed by atoms with E-state index in [1.807, 2.05) is 0 Å². The average Bonchev–Trinajstić information content (AvgIpc) is 2.23. The molecule has 0 radical (unpaired) electrons. The van der Waals surface area contributed by atoms with E-state index in [9.17, 15) is 9.59 Å². The number of hydrogen-bond acceptors (Lipinski definition) is 5. The van der Waals surface area contributed by atoms with Gasteiger partial charge in [0.25, 0.3) is 0 Å². The molecule has 0 aliphatic rings. The highest BCUT2D eigenvalue weighted by atomic mass is 17.5. The van der Waals surface area contributed by atoms with Crippen molar-refractivity contribution in [2.75, 3.05) is 0 Å². The summed E-state index contributed by atoms with van der Waals surface area (Å²) in [5, 5.41) is 13.1. The molecule has 1 unspecified atom stereocenters. The van der Waals surface area contributed by atoms with Crippen LogP contribution in [0, 0.1) is 11.3 Å². The van der Waals surface area contributed by atoms with Crippen molar-refractivity contribution in [3.8, 4) is 0 Å². The van der Waals surface area contributed by atoms with Crippen molar-refractivity contribution >= 4 is 11.9 Å². The maximum Gasteiger partial charge on any atom is 0.351 e. The first-order chi connectivity index (χ1) is 8.47. The molecule has 0 aromatic heterocycles. The summed E-state index contributed by atoms with van der Waals surface area (Å²) in [5.41, 5.74) is -1.43. The number of aliphatic carboxylic acids is 1. The lowest BCUT2D eigenvalue weighted by atomic mass is 9.77. The van der Waals surface area contributed by atoms with Gasteiger partial charge in [0, 0.05) is 6.42 Å². The van der Waals surface area contributed by atoms with Crippen LogP contribution in [0.15, 0.2) is 0 Å². The van der Waals surface area contributed by atoms with Gasteiger partial charge in [-0.1, -0.05) is 6.92 Å². The van der Waals surface area contributed by atoms with Crippen molar-refractivity contribution in [1.29, 1.82) is 0 Å². The Morgan fingerprint density at radius 1 is 1.16 bits per heavy atom. The van der Waals surface area contributed by atoms with Crippen molar-refractivity contribution in [2.45, 2.75) is 60.0 Å². The van der Waals surface area contributed by atoms with E-state index in [0.29, 0.717) is 6.42 Å². The zero-order chi connectivity index (χ0) is 15.3. The lowest BCUT2D eigenvalue weighted by Gasteiger charge is -2.28. The summed E-state index contributed by atoms with van der Waals surface area (Å²) >= 11 is 0.